The highest BCUT2D eigenvalue weighted by Gasteiger charge is 2.24. The van der Waals surface area contributed by atoms with E-state index in [4.69, 9.17) is 0 Å². The first-order chi connectivity index (χ1) is 12.5. The third-order valence-electron chi connectivity index (χ3n) is 4.35. The molecule has 3 rings (SSSR count). The molecule has 1 aliphatic rings. The van der Waals surface area contributed by atoms with E-state index in [1.165, 1.54) is 16.7 Å². The normalized spacial score (nSPS) is 14.0. The summed E-state index contributed by atoms with van der Waals surface area (Å²) in [5.41, 5.74) is 2.14. The SMILES string of the molecule is CN(C)C(=O)c1cc(N2CCCC2=O)ccc1Sc1ccccc1CO. The molecule has 0 aliphatic carbocycles. The molecule has 136 valence electrons. The van der Waals surface area contributed by atoms with Crippen LogP contribution < -0.4 is 4.90 Å². The third-order valence-corrected chi connectivity index (χ3v) is 5.54. The molecule has 0 saturated carbocycles. The maximum Gasteiger partial charge on any atom is 0.254 e. The average Bonchev–Trinajstić information content (AvgIpc) is 3.07. The Hall–Kier alpha value is -2.31. The van der Waals surface area contributed by atoms with Crippen molar-refractivity contribution in [1.82, 2.24) is 4.90 Å². The fourth-order valence-electron chi connectivity index (χ4n) is 2.96. The molecule has 1 aliphatic heterocycles. The summed E-state index contributed by atoms with van der Waals surface area (Å²) in [5, 5.41) is 9.55. The summed E-state index contributed by atoms with van der Waals surface area (Å²) in [6, 6.07) is 13.2. The van der Waals surface area contributed by atoms with Gasteiger partial charge in [0.1, 0.15) is 0 Å². The number of nitrogens with zero attached hydrogens (tertiary/aromatic N) is 2. The van der Waals surface area contributed by atoms with Gasteiger partial charge in [0, 0.05) is 42.5 Å². The zero-order valence-corrected chi connectivity index (χ0v) is 15.8. The summed E-state index contributed by atoms with van der Waals surface area (Å²) in [6.45, 7) is 0.634. The van der Waals surface area contributed by atoms with Crippen molar-refractivity contribution >= 4 is 29.3 Å². The van der Waals surface area contributed by atoms with E-state index in [0.29, 0.717) is 18.5 Å². The lowest BCUT2D eigenvalue weighted by Gasteiger charge is -2.20. The van der Waals surface area contributed by atoms with E-state index in [0.717, 1.165) is 27.5 Å². The van der Waals surface area contributed by atoms with Crippen LogP contribution in [0.4, 0.5) is 5.69 Å². The summed E-state index contributed by atoms with van der Waals surface area (Å²) < 4.78 is 0. The fraction of sp³-hybridized carbons (Fsp3) is 0.300. The van der Waals surface area contributed by atoms with Gasteiger partial charge < -0.3 is 14.9 Å². The van der Waals surface area contributed by atoms with Crippen LogP contribution in [0.2, 0.25) is 0 Å². The van der Waals surface area contributed by atoms with Crippen LogP contribution >= 0.6 is 11.8 Å². The lowest BCUT2D eigenvalue weighted by atomic mass is 10.1. The molecule has 0 radical (unpaired) electrons. The van der Waals surface area contributed by atoms with Gasteiger partial charge in [0.2, 0.25) is 5.91 Å². The summed E-state index contributed by atoms with van der Waals surface area (Å²) >= 11 is 1.45. The Bertz CT molecular complexity index is 836. The van der Waals surface area contributed by atoms with Gasteiger partial charge >= 0.3 is 0 Å². The quantitative estimate of drug-likeness (QED) is 0.878. The first kappa shape index (κ1) is 18.5. The highest BCUT2D eigenvalue weighted by atomic mass is 32.2. The number of carbonyl (C=O) groups excluding carboxylic acids is 2. The van der Waals surface area contributed by atoms with Crippen molar-refractivity contribution in [3.63, 3.8) is 0 Å². The topological polar surface area (TPSA) is 60.9 Å². The van der Waals surface area contributed by atoms with Gasteiger partial charge in [-0.2, -0.15) is 0 Å². The molecule has 0 unspecified atom stereocenters. The van der Waals surface area contributed by atoms with Crippen molar-refractivity contribution in [3.05, 3.63) is 53.6 Å². The molecule has 26 heavy (non-hydrogen) atoms. The van der Waals surface area contributed by atoms with Gasteiger partial charge in [0.05, 0.1) is 12.2 Å². The largest absolute Gasteiger partial charge is 0.392 e. The molecule has 1 saturated heterocycles. The van der Waals surface area contributed by atoms with Crippen LogP contribution in [0.1, 0.15) is 28.8 Å². The summed E-state index contributed by atoms with van der Waals surface area (Å²) in [4.78, 5) is 29.8. The minimum Gasteiger partial charge on any atom is -0.392 e. The van der Waals surface area contributed by atoms with Gasteiger partial charge in [-0.15, -0.1) is 0 Å². The number of benzene rings is 2. The number of amides is 2. The minimum atomic E-state index is -0.109. The molecule has 2 amide bonds. The van der Waals surface area contributed by atoms with E-state index in [9.17, 15) is 14.7 Å². The Morgan fingerprint density at radius 2 is 1.96 bits per heavy atom. The minimum absolute atomic E-state index is 0.0551. The lowest BCUT2D eigenvalue weighted by Crippen LogP contribution is -2.26. The second-order valence-electron chi connectivity index (χ2n) is 6.40. The summed E-state index contributed by atoms with van der Waals surface area (Å²) in [5.74, 6) is -0.0123. The second kappa shape index (κ2) is 7.93. The van der Waals surface area contributed by atoms with Crippen molar-refractivity contribution in [3.8, 4) is 0 Å². The molecule has 1 heterocycles. The van der Waals surface area contributed by atoms with E-state index in [-0.39, 0.29) is 18.4 Å². The van der Waals surface area contributed by atoms with Gasteiger partial charge in [0.15, 0.2) is 0 Å². The van der Waals surface area contributed by atoms with Gasteiger partial charge in [-0.3, -0.25) is 9.59 Å². The number of hydrogen-bond acceptors (Lipinski definition) is 4. The number of anilines is 1. The third kappa shape index (κ3) is 3.76. The molecule has 1 fully saturated rings. The van der Waals surface area contributed by atoms with Crippen LogP contribution in [0.15, 0.2) is 52.3 Å². The predicted molar refractivity (Wildman–Crippen MR) is 103 cm³/mol. The average molecular weight is 370 g/mol. The summed E-state index contributed by atoms with van der Waals surface area (Å²) in [6.07, 6.45) is 1.40. The Morgan fingerprint density at radius 1 is 1.19 bits per heavy atom. The zero-order valence-electron chi connectivity index (χ0n) is 14.9. The van der Waals surface area contributed by atoms with Gasteiger partial charge in [-0.1, -0.05) is 30.0 Å². The van der Waals surface area contributed by atoms with E-state index in [1.807, 2.05) is 36.4 Å². The monoisotopic (exact) mass is 370 g/mol. The van der Waals surface area contributed by atoms with Crippen molar-refractivity contribution in [2.24, 2.45) is 0 Å². The van der Waals surface area contributed by atoms with E-state index in [2.05, 4.69) is 0 Å². The molecule has 6 heteroatoms. The first-order valence-electron chi connectivity index (χ1n) is 8.54. The Balaban J connectivity index is 2.01. The van der Waals surface area contributed by atoms with E-state index in [1.54, 1.807) is 25.1 Å². The van der Waals surface area contributed by atoms with E-state index < -0.39 is 0 Å². The molecule has 2 aromatic carbocycles. The molecular formula is C20H22N2O3S. The molecule has 0 bridgehead atoms. The molecule has 1 N–H and O–H groups in total. The molecule has 0 aromatic heterocycles. The smallest absolute Gasteiger partial charge is 0.254 e. The number of carbonyl (C=O) groups is 2. The Morgan fingerprint density at radius 3 is 2.62 bits per heavy atom. The predicted octanol–water partition coefficient (Wildman–Crippen LogP) is 3.16. The number of hydrogen-bond donors (Lipinski definition) is 1. The molecule has 0 atom stereocenters. The van der Waals surface area contributed by atoms with Crippen LogP contribution in [0, 0.1) is 0 Å². The van der Waals surface area contributed by atoms with Crippen molar-refractivity contribution < 1.29 is 14.7 Å². The van der Waals surface area contributed by atoms with Crippen LogP contribution in [0.3, 0.4) is 0 Å². The maximum atomic E-state index is 12.7. The number of aliphatic hydroxyl groups is 1. The van der Waals surface area contributed by atoms with Crippen LogP contribution in [-0.4, -0.2) is 42.5 Å². The van der Waals surface area contributed by atoms with Crippen LogP contribution in [-0.2, 0) is 11.4 Å². The Labute approximate surface area is 157 Å². The molecular weight excluding hydrogens is 348 g/mol. The highest BCUT2D eigenvalue weighted by Crippen LogP contribution is 2.36. The number of rotatable bonds is 5. The molecule has 5 nitrogen and oxygen atoms in total. The lowest BCUT2D eigenvalue weighted by molar-refractivity contribution is -0.117. The van der Waals surface area contributed by atoms with Gasteiger partial charge in [-0.25, -0.2) is 0 Å². The zero-order chi connectivity index (χ0) is 18.7. The van der Waals surface area contributed by atoms with Crippen molar-refractivity contribution in [2.45, 2.75) is 29.2 Å². The second-order valence-corrected chi connectivity index (χ2v) is 7.48. The molecule has 0 spiro atoms. The van der Waals surface area contributed by atoms with Crippen molar-refractivity contribution in [1.29, 1.82) is 0 Å². The first-order valence-corrected chi connectivity index (χ1v) is 9.35. The maximum absolute atomic E-state index is 12.7. The standard InChI is InChI=1S/C20H22N2O3S/c1-21(2)20(25)16-12-15(22-11-5-8-19(22)24)9-10-18(16)26-17-7-4-3-6-14(17)13-23/h3-4,6-7,9-10,12,23H,5,8,11,13H2,1-2H3. The fourth-order valence-corrected chi connectivity index (χ4v) is 4.00. The Kier molecular flexibility index (Phi) is 5.64. The van der Waals surface area contributed by atoms with E-state index >= 15 is 0 Å². The van der Waals surface area contributed by atoms with Crippen molar-refractivity contribution in [2.75, 3.05) is 25.5 Å². The van der Waals surface area contributed by atoms with Gasteiger partial charge in [-0.05, 0) is 36.2 Å². The van der Waals surface area contributed by atoms with Crippen LogP contribution in [0.25, 0.3) is 0 Å². The highest BCUT2D eigenvalue weighted by molar-refractivity contribution is 7.99. The van der Waals surface area contributed by atoms with Crippen LogP contribution in [0.5, 0.6) is 0 Å². The molecule has 2 aromatic rings. The van der Waals surface area contributed by atoms with Gasteiger partial charge in [0.25, 0.3) is 5.91 Å². The number of aliphatic hydroxyl groups excluding tert-OH is 1. The summed E-state index contributed by atoms with van der Waals surface area (Å²) in [7, 11) is 3.43.